The lowest BCUT2D eigenvalue weighted by Gasteiger charge is -2.01. The van der Waals surface area contributed by atoms with Crippen LogP contribution in [0, 0.1) is 6.92 Å². The van der Waals surface area contributed by atoms with Crippen molar-refractivity contribution in [3.63, 3.8) is 0 Å². The van der Waals surface area contributed by atoms with Crippen LogP contribution in [0.15, 0.2) is 53.1 Å². The van der Waals surface area contributed by atoms with Crippen molar-refractivity contribution in [1.29, 1.82) is 0 Å². The predicted octanol–water partition coefficient (Wildman–Crippen LogP) is 4.17. The van der Waals surface area contributed by atoms with E-state index in [1.807, 2.05) is 53.9 Å². The standard InChI is InChI=1S/C17H13BrN2O2/c1-11-2-8-15-19-17(12-3-5-13(18)6-4-12)14(20(15)10-11)7-9-16(21)22/h2-10H,1H3,(H,21,22). The Morgan fingerprint density at radius 3 is 2.64 bits per heavy atom. The van der Waals surface area contributed by atoms with Gasteiger partial charge >= 0.3 is 5.97 Å². The van der Waals surface area contributed by atoms with Crippen LogP contribution in [0.5, 0.6) is 0 Å². The molecule has 2 aromatic heterocycles. The van der Waals surface area contributed by atoms with E-state index in [1.54, 1.807) is 6.08 Å². The summed E-state index contributed by atoms with van der Waals surface area (Å²) >= 11 is 3.41. The Hall–Kier alpha value is -2.40. The van der Waals surface area contributed by atoms with E-state index in [4.69, 9.17) is 5.11 Å². The second-order valence-electron chi connectivity index (χ2n) is 4.96. The fraction of sp³-hybridized carbons (Fsp3) is 0.0588. The number of fused-ring (bicyclic) bond motifs is 1. The number of nitrogens with zero attached hydrogens (tertiary/aromatic N) is 2. The molecule has 3 rings (SSSR count). The Labute approximate surface area is 135 Å². The third-order valence-electron chi connectivity index (χ3n) is 3.30. The van der Waals surface area contributed by atoms with Gasteiger partial charge in [-0.2, -0.15) is 0 Å². The summed E-state index contributed by atoms with van der Waals surface area (Å²) in [6.45, 7) is 1.99. The van der Waals surface area contributed by atoms with Gasteiger partial charge in [-0.3, -0.25) is 4.40 Å². The van der Waals surface area contributed by atoms with Gasteiger partial charge in [0.15, 0.2) is 0 Å². The maximum absolute atomic E-state index is 10.9. The molecule has 0 amide bonds. The minimum atomic E-state index is -0.982. The number of carboxylic acid groups (broad SMARTS) is 1. The third kappa shape index (κ3) is 2.80. The Bertz CT molecular complexity index is 880. The smallest absolute Gasteiger partial charge is 0.328 e. The average molecular weight is 357 g/mol. The number of carbonyl (C=O) groups is 1. The SMILES string of the molecule is Cc1ccc2nc(-c3ccc(Br)cc3)c(C=CC(=O)O)n2c1. The molecule has 3 aromatic rings. The minimum absolute atomic E-state index is 0.753. The van der Waals surface area contributed by atoms with Crippen molar-refractivity contribution >= 4 is 33.6 Å². The zero-order valence-electron chi connectivity index (χ0n) is 11.8. The lowest BCUT2D eigenvalue weighted by Crippen LogP contribution is -1.92. The Balaban J connectivity index is 2.26. The van der Waals surface area contributed by atoms with Crippen LogP contribution >= 0.6 is 15.9 Å². The van der Waals surface area contributed by atoms with Crippen molar-refractivity contribution in [3.8, 4) is 11.3 Å². The summed E-state index contributed by atoms with van der Waals surface area (Å²) < 4.78 is 2.89. The van der Waals surface area contributed by atoms with Crippen LogP contribution in [0.25, 0.3) is 23.0 Å². The van der Waals surface area contributed by atoms with Gasteiger partial charge in [0, 0.05) is 22.3 Å². The maximum atomic E-state index is 10.9. The first-order chi connectivity index (χ1) is 10.5. The number of imidazole rings is 1. The first kappa shape index (κ1) is 14.5. The lowest BCUT2D eigenvalue weighted by atomic mass is 10.1. The molecular formula is C17H13BrN2O2. The minimum Gasteiger partial charge on any atom is -0.478 e. The van der Waals surface area contributed by atoms with Crippen LogP contribution in [0.1, 0.15) is 11.3 Å². The van der Waals surface area contributed by atoms with Gasteiger partial charge < -0.3 is 5.11 Å². The molecule has 4 nitrogen and oxygen atoms in total. The predicted molar refractivity (Wildman–Crippen MR) is 89.7 cm³/mol. The van der Waals surface area contributed by atoms with E-state index in [9.17, 15) is 4.79 Å². The summed E-state index contributed by atoms with van der Waals surface area (Å²) in [6, 6.07) is 11.7. The van der Waals surface area contributed by atoms with Gasteiger partial charge in [-0.05, 0) is 36.8 Å². The van der Waals surface area contributed by atoms with Crippen LogP contribution in [-0.2, 0) is 4.79 Å². The number of benzene rings is 1. The van der Waals surface area contributed by atoms with E-state index in [2.05, 4.69) is 20.9 Å². The molecule has 0 atom stereocenters. The number of aliphatic carboxylic acids is 1. The highest BCUT2D eigenvalue weighted by Crippen LogP contribution is 2.27. The molecule has 1 N–H and O–H groups in total. The fourth-order valence-electron chi connectivity index (χ4n) is 2.30. The van der Waals surface area contributed by atoms with Crippen molar-refractivity contribution in [3.05, 3.63) is 64.4 Å². The summed E-state index contributed by atoms with van der Waals surface area (Å²) in [7, 11) is 0. The normalized spacial score (nSPS) is 11.4. The van der Waals surface area contributed by atoms with E-state index in [-0.39, 0.29) is 0 Å². The van der Waals surface area contributed by atoms with Crippen LogP contribution in [0.3, 0.4) is 0 Å². The van der Waals surface area contributed by atoms with Gasteiger partial charge in [-0.1, -0.05) is 34.1 Å². The molecule has 22 heavy (non-hydrogen) atoms. The van der Waals surface area contributed by atoms with Crippen molar-refractivity contribution in [2.75, 3.05) is 0 Å². The average Bonchev–Trinajstić information content (AvgIpc) is 2.83. The van der Waals surface area contributed by atoms with E-state index in [0.29, 0.717) is 0 Å². The highest BCUT2D eigenvalue weighted by molar-refractivity contribution is 9.10. The van der Waals surface area contributed by atoms with Gasteiger partial charge in [0.25, 0.3) is 0 Å². The molecule has 1 aromatic carbocycles. The van der Waals surface area contributed by atoms with Crippen LogP contribution in [0.4, 0.5) is 0 Å². The van der Waals surface area contributed by atoms with Crippen molar-refractivity contribution in [1.82, 2.24) is 9.38 Å². The number of aromatic nitrogens is 2. The Morgan fingerprint density at radius 1 is 1.23 bits per heavy atom. The summed E-state index contributed by atoms with van der Waals surface area (Å²) in [6.07, 6.45) is 4.67. The topological polar surface area (TPSA) is 54.6 Å². The van der Waals surface area contributed by atoms with E-state index < -0.39 is 5.97 Å². The van der Waals surface area contributed by atoms with Crippen molar-refractivity contribution in [2.24, 2.45) is 0 Å². The summed E-state index contributed by atoms with van der Waals surface area (Å²) in [4.78, 5) is 15.5. The van der Waals surface area contributed by atoms with Gasteiger partial charge in [0.1, 0.15) is 5.65 Å². The highest BCUT2D eigenvalue weighted by atomic mass is 79.9. The van der Waals surface area contributed by atoms with Gasteiger partial charge in [-0.15, -0.1) is 0 Å². The Kier molecular flexibility index (Phi) is 3.81. The molecule has 0 fully saturated rings. The molecule has 0 spiro atoms. The molecule has 0 aliphatic heterocycles. The first-order valence-corrected chi connectivity index (χ1v) is 7.49. The lowest BCUT2D eigenvalue weighted by molar-refractivity contribution is -0.131. The van der Waals surface area contributed by atoms with Crippen molar-refractivity contribution in [2.45, 2.75) is 6.92 Å². The second kappa shape index (κ2) is 5.77. The van der Waals surface area contributed by atoms with Gasteiger partial charge in [-0.25, -0.2) is 9.78 Å². The fourth-order valence-corrected chi connectivity index (χ4v) is 2.56. The van der Waals surface area contributed by atoms with Crippen LogP contribution < -0.4 is 0 Å². The van der Waals surface area contributed by atoms with Gasteiger partial charge in [0.05, 0.1) is 11.4 Å². The Morgan fingerprint density at radius 2 is 1.95 bits per heavy atom. The number of hydrogen-bond acceptors (Lipinski definition) is 2. The highest BCUT2D eigenvalue weighted by Gasteiger charge is 2.12. The maximum Gasteiger partial charge on any atom is 0.328 e. The van der Waals surface area contributed by atoms with E-state index in [0.717, 1.165) is 38.7 Å². The first-order valence-electron chi connectivity index (χ1n) is 6.70. The molecule has 0 saturated heterocycles. The molecule has 0 radical (unpaired) electrons. The van der Waals surface area contributed by atoms with E-state index >= 15 is 0 Å². The van der Waals surface area contributed by atoms with Gasteiger partial charge in [0.2, 0.25) is 0 Å². The number of aryl methyl sites for hydroxylation is 1. The van der Waals surface area contributed by atoms with Crippen molar-refractivity contribution < 1.29 is 9.90 Å². The number of carboxylic acids is 1. The zero-order valence-corrected chi connectivity index (χ0v) is 13.4. The molecule has 0 aliphatic carbocycles. The summed E-state index contributed by atoms with van der Waals surface area (Å²) in [5.74, 6) is -0.982. The van der Waals surface area contributed by atoms with Crippen LogP contribution in [0.2, 0.25) is 0 Å². The molecular weight excluding hydrogens is 344 g/mol. The molecule has 0 bridgehead atoms. The monoisotopic (exact) mass is 356 g/mol. The van der Waals surface area contributed by atoms with E-state index in [1.165, 1.54) is 0 Å². The number of halogens is 1. The summed E-state index contributed by atoms with van der Waals surface area (Å²) in [5.41, 5.74) is 4.32. The third-order valence-corrected chi connectivity index (χ3v) is 3.83. The molecule has 0 saturated carbocycles. The number of hydrogen-bond donors (Lipinski definition) is 1. The largest absolute Gasteiger partial charge is 0.478 e. The zero-order chi connectivity index (χ0) is 15.7. The quantitative estimate of drug-likeness (QED) is 0.716. The summed E-state index contributed by atoms with van der Waals surface area (Å²) in [5, 5.41) is 8.91. The molecule has 110 valence electrons. The molecule has 2 heterocycles. The van der Waals surface area contributed by atoms with Crippen LogP contribution in [-0.4, -0.2) is 20.5 Å². The number of pyridine rings is 1. The molecule has 5 heteroatoms. The molecule has 0 aliphatic rings. The second-order valence-corrected chi connectivity index (χ2v) is 5.87. The number of rotatable bonds is 3. The molecule has 0 unspecified atom stereocenters.